The van der Waals surface area contributed by atoms with Crippen LogP contribution in [0, 0.1) is 5.82 Å². The lowest BCUT2D eigenvalue weighted by Gasteiger charge is -2.36. The molecule has 0 bridgehead atoms. The summed E-state index contributed by atoms with van der Waals surface area (Å²) in [6.07, 6.45) is 1.48. The molecule has 3 heterocycles. The largest absolute Gasteiger partial charge is 0.369 e. The molecule has 37 heavy (non-hydrogen) atoms. The number of piperazine rings is 2. The zero-order valence-corrected chi connectivity index (χ0v) is 22.0. The molecule has 0 N–H and O–H groups in total. The van der Waals surface area contributed by atoms with Gasteiger partial charge in [-0.05, 0) is 42.5 Å². The van der Waals surface area contributed by atoms with Crippen molar-refractivity contribution in [1.82, 2.24) is 19.0 Å². The van der Waals surface area contributed by atoms with Gasteiger partial charge in [0.05, 0.1) is 5.56 Å². The predicted molar refractivity (Wildman–Crippen MR) is 140 cm³/mol. The molecule has 2 fully saturated rings. The van der Waals surface area contributed by atoms with E-state index in [4.69, 9.17) is 11.6 Å². The first-order valence-electron chi connectivity index (χ1n) is 12.1. The predicted octanol–water partition coefficient (Wildman–Crippen LogP) is 2.69. The Balaban J connectivity index is 1.27. The molecule has 0 saturated carbocycles. The normalized spacial score (nSPS) is 17.3. The van der Waals surface area contributed by atoms with E-state index in [1.807, 2.05) is 18.2 Å². The Kier molecular flexibility index (Phi) is 7.11. The number of anilines is 2. The van der Waals surface area contributed by atoms with Crippen molar-refractivity contribution in [2.24, 2.45) is 7.05 Å². The summed E-state index contributed by atoms with van der Waals surface area (Å²) in [5, 5.41) is 4.61. The fourth-order valence-corrected chi connectivity index (χ4v) is 6.50. The molecule has 0 atom stereocenters. The van der Waals surface area contributed by atoms with Gasteiger partial charge in [0.2, 0.25) is 5.03 Å². The zero-order valence-electron chi connectivity index (χ0n) is 20.4. The summed E-state index contributed by atoms with van der Waals surface area (Å²) in [6.45, 7) is 3.51. The van der Waals surface area contributed by atoms with Gasteiger partial charge in [0, 0.05) is 82.0 Å². The first-order chi connectivity index (χ1) is 17.7. The molecular weight excluding hydrogens is 519 g/mol. The standard InChI is InChI=1S/C25H28ClFN6O3S/c1-29-18-23(25(34)32-11-9-30(10-12-32)21-7-5-20(27)6-8-21)24(28-29)37(35,36)33-15-13-31(14-16-33)22-4-2-3-19(26)17-22/h2-8,17-18H,9-16H2,1H3. The minimum Gasteiger partial charge on any atom is -0.369 e. The van der Waals surface area contributed by atoms with Crippen molar-refractivity contribution in [2.45, 2.75) is 5.03 Å². The number of benzene rings is 2. The van der Waals surface area contributed by atoms with E-state index in [-0.39, 0.29) is 35.4 Å². The second-order valence-corrected chi connectivity index (χ2v) is 11.4. The minimum absolute atomic E-state index is 0.0787. The molecule has 2 saturated heterocycles. The van der Waals surface area contributed by atoms with Crippen molar-refractivity contribution in [3.63, 3.8) is 0 Å². The Morgan fingerprint density at radius 3 is 2.16 bits per heavy atom. The van der Waals surface area contributed by atoms with Crippen LogP contribution in [-0.2, 0) is 17.1 Å². The molecule has 5 rings (SSSR count). The van der Waals surface area contributed by atoms with Gasteiger partial charge in [-0.1, -0.05) is 17.7 Å². The Hall–Kier alpha value is -3.15. The molecule has 0 radical (unpaired) electrons. The van der Waals surface area contributed by atoms with Crippen LogP contribution in [0.5, 0.6) is 0 Å². The first kappa shape index (κ1) is 25.5. The molecule has 1 amide bonds. The second kappa shape index (κ2) is 10.3. The monoisotopic (exact) mass is 546 g/mol. The number of rotatable bonds is 5. The SMILES string of the molecule is Cn1cc(C(=O)N2CCN(c3ccc(F)cc3)CC2)c(S(=O)(=O)N2CCN(c3cccc(Cl)c3)CC2)n1. The Labute approximate surface area is 220 Å². The number of carbonyl (C=O) groups is 1. The highest BCUT2D eigenvalue weighted by atomic mass is 35.5. The summed E-state index contributed by atoms with van der Waals surface area (Å²) in [6, 6.07) is 13.7. The van der Waals surface area contributed by atoms with E-state index in [9.17, 15) is 17.6 Å². The summed E-state index contributed by atoms with van der Waals surface area (Å²) in [4.78, 5) is 19.2. The lowest BCUT2D eigenvalue weighted by atomic mass is 10.2. The van der Waals surface area contributed by atoms with Gasteiger partial charge in [-0.3, -0.25) is 9.48 Å². The Morgan fingerprint density at radius 2 is 1.51 bits per heavy atom. The fraction of sp³-hybridized carbons (Fsp3) is 0.360. The fourth-order valence-electron chi connectivity index (χ4n) is 4.78. The van der Waals surface area contributed by atoms with Gasteiger partial charge >= 0.3 is 0 Å². The highest BCUT2D eigenvalue weighted by molar-refractivity contribution is 7.89. The van der Waals surface area contributed by atoms with Crippen LogP contribution in [0.3, 0.4) is 0 Å². The topological polar surface area (TPSA) is 82.0 Å². The molecule has 9 nitrogen and oxygen atoms in total. The number of carbonyl (C=O) groups excluding carboxylic acids is 1. The molecule has 0 aliphatic carbocycles. The van der Waals surface area contributed by atoms with Gasteiger partial charge in [0.1, 0.15) is 5.82 Å². The van der Waals surface area contributed by atoms with Crippen molar-refractivity contribution in [2.75, 3.05) is 62.2 Å². The molecule has 0 spiro atoms. The third-order valence-corrected chi connectivity index (χ3v) is 8.85. The van der Waals surface area contributed by atoms with Gasteiger partial charge in [0.25, 0.3) is 15.9 Å². The van der Waals surface area contributed by atoms with Gasteiger partial charge in [-0.25, -0.2) is 12.8 Å². The van der Waals surface area contributed by atoms with Crippen LogP contribution >= 0.6 is 11.6 Å². The minimum atomic E-state index is -3.97. The van der Waals surface area contributed by atoms with E-state index in [1.165, 1.54) is 27.3 Å². The molecular formula is C25H28ClFN6O3S. The summed E-state index contributed by atoms with van der Waals surface area (Å²) in [5.74, 6) is -0.656. The summed E-state index contributed by atoms with van der Waals surface area (Å²) in [5.41, 5.74) is 1.91. The number of hydrogen-bond donors (Lipinski definition) is 0. The van der Waals surface area contributed by atoms with Crippen molar-refractivity contribution in [3.8, 4) is 0 Å². The second-order valence-electron chi connectivity index (χ2n) is 9.15. The van der Waals surface area contributed by atoms with Gasteiger partial charge < -0.3 is 14.7 Å². The van der Waals surface area contributed by atoms with Crippen LogP contribution in [0.25, 0.3) is 0 Å². The lowest BCUT2D eigenvalue weighted by molar-refractivity contribution is 0.0742. The van der Waals surface area contributed by atoms with Crippen molar-refractivity contribution in [1.29, 1.82) is 0 Å². The van der Waals surface area contributed by atoms with Crippen molar-refractivity contribution < 1.29 is 17.6 Å². The lowest BCUT2D eigenvalue weighted by Crippen LogP contribution is -2.50. The number of amides is 1. The van der Waals surface area contributed by atoms with Crippen LogP contribution in [0.4, 0.5) is 15.8 Å². The summed E-state index contributed by atoms with van der Waals surface area (Å²) in [7, 11) is -2.36. The van der Waals surface area contributed by atoms with Gasteiger partial charge in [-0.2, -0.15) is 9.40 Å². The molecule has 2 aromatic carbocycles. The van der Waals surface area contributed by atoms with Crippen LogP contribution in [0.1, 0.15) is 10.4 Å². The van der Waals surface area contributed by atoms with Crippen LogP contribution < -0.4 is 9.80 Å². The average molecular weight is 547 g/mol. The van der Waals surface area contributed by atoms with Gasteiger partial charge in [-0.15, -0.1) is 0 Å². The molecule has 2 aliphatic rings. The molecule has 12 heteroatoms. The molecule has 0 unspecified atom stereocenters. The average Bonchev–Trinajstić information content (AvgIpc) is 3.31. The third-order valence-electron chi connectivity index (χ3n) is 6.78. The van der Waals surface area contributed by atoms with Gasteiger partial charge in [0.15, 0.2) is 0 Å². The highest BCUT2D eigenvalue weighted by Gasteiger charge is 2.36. The number of halogens is 2. The molecule has 1 aromatic heterocycles. The van der Waals surface area contributed by atoms with Crippen LogP contribution in [-0.4, -0.2) is 85.7 Å². The molecule has 2 aliphatic heterocycles. The smallest absolute Gasteiger partial charge is 0.263 e. The molecule has 3 aromatic rings. The van der Waals surface area contributed by atoms with E-state index in [0.717, 1.165) is 11.4 Å². The summed E-state index contributed by atoms with van der Waals surface area (Å²) >= 11 is 6.11. The van der Waals surface area contributed by atoms with E-state index in [0.29, 0.717) is 44.3 Å². The Bertz CT molecular complexity index is 1380. The zero-order chi connectivity index (χ0) is 26.2. The van der Waals surface area contributed by atoms with E-state index in [1.54, 1.807) is 30.1 Å². The van der Waals surface area contributed by atoms with E-state index in [2.05, 4.69) is 14.9 Å². The maximum atomic E-state index is 13.6. The maximum Gasteiger partial charge on any atom is 0.263 e. The summed E-state index contributed by atoms with van der Waals surface area (Å²) < 4.78 is 43.2. The third kappa shape index (κ3) is 5.29. The van der Waals surface area contributed by atoms with E-state index >= 15 is 0 Å². The van der Waals surface area contributed by atoms with Crippen molar-refractivity contribution in [3.05, 3.63) is 71.1 Å². The maximum absolute atomic E-state index is 13.6. The first-order valence-corrected chi connectivity index (χ1v) is 13.9. The number of aromatic nitrogens is 2. The number of nitrogens with zero attached hydrogens (tertiary/aromatic N) is 6. The number of hydrogen-bond acceptors (Lipinski definition) is 6. The highest BCUT2D eigenvalue weighted by Crippen LogP contribution is 2.26. The molecule has 196 valence electrons. The Morgan fingerprint density at radius 1 is 0.892 bits per heavy atom. The quantitative estimate of drug-likeness (QED) is 0.489. The van der Waals surface area contributed by atoms with Crippen molar-refractivity contribution >= 4 is 38.9 Å². The van der Waals surface area contributed by atoms with Crippen LogP contribution in [0.15, 0.2) is 59.8 Å². The number of sulfonamides is 1. The number of aryl methyl sites for hydroxylation is 1. The van der Waals surface area contributed by atoms with E-state index < -0.39 is 10.0 Å². The van der Waals surface area contributed by atoms with Crippen LogP contribution in [0.2, 0.25) is 5.02 Å².